The molecule has 0 aromatic carbocycles. The maximum absolute atomic E-state index is 12.0. The van der Waals surface area contributed by atoms with Crippen molar-refractivity contribution in [1.29, 1.82) is 0 Å². The second-order valence-electron chi connectivity index (χ2n) is 4.61. The summed E-state index contributed by atoms with van der Waals surface area (Å²) in [5.74, 6) is 2.28. The van der Waals surface area contributed by atoms with Gasteiger partial charge in [0.2, 0.25) is 0 Å². The van der Waals surface area contributed by atoms with Gasteiger partial charge < -0.3 is 11.1 Å². The summed E-state index contributed by atoms with van der Waals surface area (Å²) in [7, 11) is 0. The number of carbonyl (C=O) groups excluding carboxylic acids is 1. The van der Waals surface area contributed by atoms with Gasteiger partial charge in [0.05, 0.1) is 23.1 Å². The first-order valence-electron chi connectivity index (χ1n) is 6.47. The summed E-state index contributed by atoms with van der Waals surface area (Å²) < 4.78 is 0. The van der Waals surface area contributed by atoms with Crippen molar-refractivity contribution in [2.45, 2.75) is 6.92 Å². The van der Waals surface area contributed by atoms with Crippen LogP contribution in [0.25, 0.3) is 0 Å². The van der Waals surface area contributed by atoms with Crippen LogP contribution in [-0.4, -0.2) is 53.5 Å². The van der Waals surface area contributed by atoms with Crippen LogP contribution in [0.1, 0.15) is 16.1 Å². The topological polar surface area (TPSA) is 71.2 Å². The number of nitrogens with zero attached hydrogens (tertiary/aromatic N) is 2. The molecule has 0 atom stereocenters. The minimum absolute atomic E-state index is 0.0938. The second-order valence-corrected chi connectivity index (χ2v) is 5.84. The molecule has 1 aliphatic heterocycles. The van der Waals surface area contributed by atoms with Gasteiger partial charge >= 0.3 is 0 Å². The zero-order valence-corrected chi connectivity index (χ0v) is 12.0. The molecule has 1 amide bonds. The third-order valence-corrected chi connectivity index (χ3v) is 4.11. The first-order valence-corrected chi connectivity index (χ1v) is 7.62. The zero-order chi connectivity index (χ0) is 13.7. The number of rotatable bonds is 4. The lowest BCUT2D eigenvalue weighted by atomic mass is 10.2. The largest absolute Gasteiger partial charge is 0.397 e. The Morgan fingerprint density at radius 1 is 1.53 bits per heavy atom. The minimum atomic E-state index is -0.0938. The van der Waals surface area contributed by atoms with Crippen LogP contribution in [0.3, 0.4) is 0 Å². The number of hydrogen-bond acceptors (Lipinski definition) is 5. The van der Waals surface area contributed by atoms with Crippen LogP contribution in [0.4, 0.5) is 5.69 Å². The van der Waals surface area contributed by atoms with E-state index >= 15 is 0 Å². The molecule has 19 heavy (non-hydrogen) atoms. The Bertz CT molecular complexity index is 446. The van der Waals surface area contributed by atoms with E-state index in [1.165, 1.54) is 11.5 Å². The minimum Gasteiger partial charge on any atom is -0.397 e. The monoisotopic (exact) mass is 280 g/mol. The van der Waals surface area contributed by atoms with Crippen molar-refractivity contribution in [1.82, 2.24) is 15.2 Å². The van der Waals surface area contributed by atoms with Gasteiger partial charge in [0.15, 0.2) is 0 Å². The normalized spacial score (nSPS) is 16.3. The van der Waals surface area contributed by atoms with Crippen molar-refractivity contribution in [3.05, 3.63) is 23.5 Å². The van der Waals surface area contributed by atoms with Crippen LogP contribution in [0.5, 0.6) is 0 Å². The first-order chi connectivity index (χ1) is 9.16. The van der Waals surface area contributed by atoms with Gasteiger partial charge in [-0.25, -0.2) is 0 Å². The Labute approximate surface area is 117 Å². The van der Waals surface area contributed by atoms with E-state index in [9.17, 15) is 4.79 Å². The first kappa shape index (κ1) is 14.1. The molecule has 3 N–H and O–H groups in total. The number of carbonyl (C=O) groups is 1. The lowest BCUT2D eigenvalue weighted by Crippen LogP contribution is -2.39. The molecular formula is C13H20N4OS. The van der Waals surface area contributed by atoms with Gasteiger partial charge in [-0.05, 0) is 13.0 Å². The second kappa shape index (κ2) is 6.77. The van der Waals surface area contributed by atoms with Crippen molar-refractivity contribution < 1.29 is 4.79 Å². The number of aryl methyl sites for hydroxylation is 1. The SMILES string of the molecule is Cc1ncc(N)cc1C(=O)NCCN1CCSCC1. The van der Waals surface area contributed by atoms with E-state index in [0.717, 1.165) is 19.6 Å². The number of amides is 1. The summed E-state index contributed by atoms with van der Waals surface area (Å²) in [5, 5.41) is 2.93. The van der Waals surface area contributed by atoms with E-state index in [1.54, 1.807) is 12.3 Å². The van der Waals surface area contributed by atoms with Crippen molar-refractivity contribution in [2.75, 3.05) is 43.4 Å². The molecule has 6 heteroatoms. The molecule has 104 valence electrons. The Balaban J connectivity index is 1.82. The van der Waals surface area contributed by atoms with Gasteiger partial charge in [-0.15, -0.1) is 0 Å². The molecule has 0 spiro atoms. The molecule has 1 saturated heterocycles. The number of anilines is 1. The molecule has 2 rings (SSSR count). The molecule has 0 radical (unpaired) electrons. The number of pyridine rings is 1. The Morgan fingerprint density at radius 2 is 2.26 bits per heavy atom. The lowest BCUT2D eigenvalue weighted by molar-refractivity contribution is 0.0948. The summed E-state index contributed by atoms with van der Waals surface area (Å²) in [6.07, 6.45) is 1.57. The molecule has 1 fully saturated rings. The molecule has 0 bridgehead atoms. The third kappa shape index (κ3) is 4.11. The summed E-state index contributed by atoms with van der Waals surface area (Å²) in [6.45, 7) is 5.61. The fraction of sp³-hybridized carbons (Fsp3) is 0.538. The molecule has 0 unspecified atom stereocenters. The van der Waals surface area contributed by atoms with Gasteiger partial charge in [-0.2, -0.15) is 11.8 Å². The molecule has 1 aromatic heterocycles. The summed E-state index contributed by atoms with van der Waals surface area (Å²) in [5.41, 5.74) is 7.45. The van der Waals surface area contributed by atoms with Crippen molar-refractivity contribution >= 4 is 23.4 Å². The van der Waals surface area contributed by atoms with Crippen LogP contribution in [0.2, 0.25) is 0 Å². The van der Waals surface area contributed by atoms with Crippen LogP contribution in [-0.2, 0) is 0 Å². The smallest absolute Gasteiger partial charge is 0.253 e. The van der Waals surface area contributed by atoms with Gasteiger partial charge in [0.1, 0.15) is 0 Å². The molecule has 0 saturated carbocycles. The molecule has 1 aliphatic rings. The average molecular weight is 280 g/mol. The van der Waals surface area contributed by atoms with E-state index in [1.807, 2.05) is 18.7 Å². The number of hydrogen-bond donors (Lipinski definition) is 2. The number of thioether (sulfide) groups is 1. The van der Waals surface area contributed by atoms with Gasteiger partial charge in [-0.1, -0.05) is 0 Å². The fourth-order valence-corrected chi connectivity index (χ4v) is 3.01. The third-order valence-electron chi connectivity index (χ3n) is 3.17. The highest BCUT2D eigenvalue weighted by Crippen LogP contribution is 2.10. The number of nitrogen functional groups attached to an aromatic ring is 1. The molecule has 1 aromatic rings. The quantitative estimate of drug-likeness (QED) is 0.851. The van der Waals surface area contributed by atoms with Crippen LogP contribution in [0, 0.1) is 6.92 Å². The molecule has 0 aliphatic carbocycles. The van der Waals surface area contributed by atoms with Crippen LogP contribution < -0.4 is 11.1 Å². The molecule has 5 nitrogen and oxygen atoms in total. The van der Waals surface area contributed by atoms with Gasteiger partial charge in [0.25, 0.3) is 5.91 Å². The van der Waals surface area contributed by atoms with Crippen LogP contribution in [0.15, 0.2) is 12.3 Å². The van der Waals surface area contributed by atoms with Crippen molar-refractivity contribution in [2.24, 2.45) is 0 Å². The number of nitrogens with two attached hydrogens (primary N) is 1. The average Bonchev–Trinajstić information content (AvgIpc) is 2.42. The number of aromatic nitrogens is 1. The van der Waals surface area contributed by atoms with Crippen molar-refractivity contribution in [3.8, 4) is 0 Å². The van der Waals surface area contributed by atoms with E-state index in [0.29, 0.717) is 23.5 Å². The highest BCUT2D eigenvalue weighted by molar-refractivity contribution is 7.99. The maximum atomic E-state index is 12.0. The zero-order valence-electron chi connectivity index (χ0n) is 11.2. The predicted octanol–water partition coefficient (Wildman–Crippen LogP) is 0.751. The highest BCUT2D eigenvalue weighted by Gasteiger charge is 2.12. The Kier molecular flexibility index (Phi) is 5.04. The van der Waals surface area contributed by atoms with Crippen molar-refractivity contribution in [3.63, 3.8) is 0 Å². The fourth-order valence-electron chi connectivity index (χ4n) is 2.03. The van der Waals surface area contributed by atoms with E-state index < -0.39 is 0 Å². The summed E-state index contributed by atoms with van der Waals surface area (Å²) >= 11 is 1.99. The van der Waals surface area contributed by atoms with E-state index in [2.05, 4.69) is 15.2 Å². The van der Waals surface area contributed by atoms with E-state index in [-0.39, 0.29) is 5.91 Å². The Hall–Kier alpha value is -1.27. The van der Waals surface area contributed by atoms with Gasteiger partial charge in [0, 0.05) is 37.7 Å². The molecular weight excluding hydrogens is 260 g/mol. The summed E-state index contributed by atoms with van der Waals surface area (Å²) in [6, 6.07) is 1.68. The maximum Gasteiger partial charge on any atom is 0.253 e. The lowest BCUT2D eigenvalue weighted by Gasteiger charge is -2.26. The highest BCUT2D eigenvalue weighted by atomic mass is 32.2. The Morgan fingerprint density at radius 3 is 3.00 bits per heavy atom. The van der Waals surface area contributed by atoms with Gasteiger partial charge in [-0.3, -0.25) is 14.7 Å². The standard InChI is InChI=1S/C13H20N4OS/c1-10-12(8-11(14)9-16-10)13(18)15-2-3-17-4-6-19-7-5-17/h8-9H,2-7,14H2,1H3,(H,15,18). The van der Waals surface area contributed by atoms with Crippen LogP contribution >= 0.6 is 11.8 Å². The summed E-state index contributed by atoms with van der Waals surface area (Å²) in [4.78, 5) is 18.5. The number of nitrogens with one attached hydrogen (secondary N) is 1. The van der Waals surface area contributed by atoms with E-state index in [4.69, 9.17) is 5.73 Å². The molecule has 2 heterocycles. The predicted molar refractivity (Wildman–Crippen MR) is 79.5 cm³/mol.